The number of hydrogen-bond donors (Lipinski definition) is 0. The van der Waals surface area contributed by atoms with Crippen molar-refractivity contribution in [2.75, 3.05) is 4.90 Å². The quantitative estimate of drug-likeness (QED) is 0.234. The summed E-state index contributed by atoms with van der Waals surface area (Å²) >= 11 is 0. The lowest BCUT2D eigenvalue weighted by Gasteiger charge is -2.28. The Kier molecular flexibility index (Phi) is 5.17. The zero-order valence-corrected chi connectivity index (χ0v) is 21.8. The number of rotatable bonds is 4. The van der Waals surface area contributed by atoms with Gasteiger partial charge < -0.3 is 9.32 Å². The summed E-state index contributed by atoms with van der Waals surface area (Å²) in [5, 5.41) is 6.94. The molecule has 7 aromatic carbocycles. The Morgan fingerprint density at radius 1 is 0.400 bits per heavy atom. The van der Waals surface area contributed by atoms with Crippen molar-refractivity contribution in [2.24, 2.45) is 0 Å². The molecule has 0 spiro atoms. The highest BCUT2D eigenvalue weighted by Crippen LogP contribution is 2.45. The van der Waals surface area contributed by atoms with Crippen LogP contribution in [0, 0.1) is 0 Å². The van der Waals surface area contributed by atoms with Gasteiger partial charge in [-0.05, 0) is 58.3 Å². The van der Waals surface area contributed by atoms with Crippen LogP contribution in [0.1, 0.15) is 0 Å². The van der Waals surface area contributed by atoms with E-state index in [1.807, 2.05) is 12.1 Å². The maximum atomic E-state index is 6.43. The van der Waals surface area contributed by atoms with Gasteiger partial charge in [-0.2, -0.15) is 0 Å². The third-order valence-electron chi connectivity index (χ3n) is 7.81. The number of para-hydroxylation sites is 1. The van der Waals surface area contributed by atoms with Gasteiger partial charge in [-0.3, -0.25) is 0 Å². The van der Waals surface area contributed by atoms with E-state index < -0.39 is 0 Å². The van der Waals surface area contributed by atoms with E-state index in [0.29, 0.717) is 0 Å². The fraction of sp³-hybridized carbons (Fsp3) is 0. The molecule has 2 heteroatoms. The Morgan fingerprint density at radius 3 is 1.95 bits per heavy atom. The summed E-state index contributed by atoms with van der Waals surface area (Å²) in [6.07, 6.45) is 0. The van der Waals surface area contributed by atoms with Gasteiger partial charge in [0.05, 0.1) is 5.69 Å². The maximum absolute atomic E-state index is 6.43. The number of nitrogens with zero attached hydrogens (tertiary/aromatic N) is 1. The average Bonchev–Trinajstić information content (AvgIpc) is 3.41. The highest BCUT2D eigenvalue weighted by atomic mass is 16.3. The topological polar surface area (TPSA) is 16.4 Å². The molecule has 0 amide bonds. The van der Waals surface area contributed by atoms with Crippen molar-refractivity contribution in [1.82, 2.24) is 0 Å². The third-order valence-corrected chi connectivity index (χ3v) is 7.81. The third kappa shape index (κ3) is 3.65. The Balaban J connectivity index is 1.45. The minimum Gasteiger partial charge on any atom is -0.455 e. The standard InChI is InChI=1S/C38H25NO/c1-2-11-26(12-3-1)29-15-10-16-30(23-29)39(31-22-21-27-13-4-5-14-28(27)24-31)36-25-35-33-18-8-9-20-37(33)40-38(35)34-19-7-6-17-32(34)36/h1-25H. The lowest BCUT2D eigenvalue weighted by molar-refractivity contribution is 0.672. The molecule has 8 rings (SSSR count). The molecule has 188 valence electrons. The van der Waals surface area contributed by atoms with Gasteiger partial charge in [0.25, 0.3) is 0 Å². The molecule has 1 heterocycles. The van der Waals surface area contributed by atoms with Gasteiger partial charge in [-0.25, -0.2) is 0 Å². The monoisotopic (exact) mass is 511 g/mol. The summed E-state index contributed by atoms with van der Waals surface area (Å²) in [6.45, 7) is 0. The van der Waals surface area contributed by atoms with Crippen molar-refractivity contribution in [2.45, 2.75) is 0 Å². The van der Waals surface area contributed by atoms with E-state index in [1.165, 1.54) is 21.9 Å². The minimum absolute atomic E-state index is 0.906. The molecule has 0 N–H and O–H groups in total. The molecule has 40 heavy (non-hydrogen) atoms. The van der Waals surface area contributed by atoms with Crippen LogP contribution in [0.5, 0.6) is 0 Å². The van der Waals surface area contributed by atoms with Crippen LogP contribution in [0.3, 0.4) is 0 Å². The van der Waals surface area contributed by atoms with E-state index in [4.69, 9.17) is 4.42 Å². The summed E-state index contributed by atoms with van der Waals surface area (Å²) < 4.78 is 6.43. The Bertz CT molecular complexity index is 2170. The van der Waals surface area contributed by atoms with Crippen LogP contribution in [0.2, 0.25) is 0 Å². The summed E-state index contributed by atoms with van der Waals surface area (Å²) in [4.78, 5) is 2.39. The van der Waals surface area contributed by atoms with E-state index in [0.717, 1.165) is 49.8 Å². The van der Waals surface area contributed by atoms with E-state index >= 15 is 0 Å². The van der Waals surface area contributed by atoms with Gasteiger partial charge in [-0.1, -0.05) is 115 Å². The molecule has 0 radical (unpaired) electrons. The molecule has 1 aromatic heterocycles. The first-order chi connectivity index (χ1) is 19.8. The van der Waals surface area contributed by atoms with Crippen molar-refractivity contribution in [1.29, 1.82) is 0 Å². The first-order valence-electron chi connectivity index (χ1n) is 13.6. The summed E-state index contributed by atoms with van der Waals surface area (Å²) in [7, 11) is 0. The molecule has 2 nitrogen and oxygen atoms in total. The van der Waals surface area contributed by atoms with Crippen molar-refractivity contribution in [3.8, 4) is 11.1 Å². The minimum atomic E-state index is 0.906. The van der Waals surface area contributed by atoms with Crippen LogP contribution in [0.15, 0.2) is 156 Å². The van der Waals surface area contributed by atoms with E-state index in [9.17, 15) is 0 Å². The van der Waals surface area contributed by atoms with Crippen molar-refractivity contribution < 1.29 is 4.42 Å². The van der Waals surface area contributed by atoms with Crippen LogP contribution >= 0.6 is 0 Å². The van der Waals surface area contributed by atoms with Crippen LogP contribution in [0.4, 0.5) is 17.1 Å². The van der Waals surface area contributed by atoms with E-state index in [2.05, 4.69) is 144 Å². The number of hydrogen-bond acceptors (Lipinski definition) is 2. The average molecular weight is 512 g/mol. The predicted molar refractivity (Wildman–Crippen MR) is 169 cm³/mol. The van der Waals surface area contributed by atoms with Gasteiger partial charge in [0.2, 0.25) is 0 Å². The summed E-state index contributed by atoms with van der Waals surface area (Å²) in [5.41, 5.74) is 7.55. The Labute approximate surface area is 232 Å². The predicted octanol–water partition coefficient (Wildman–Crippen LogP) is 11.0. The molecule has 0 aliphatic rings. The van der Waals surface area contributed by atoms with Gasteiger partial charge in [0.1, 0.15) is 11.2 Å². The Hall–Kier alpha value is -5.34. The Morgan fingerprint density at radius 2 is 1.07 bits per heavy atom. The SMILES string of the molecule is c1ccc(-c2cccc(N(c3ccc4ccccc4c3)c3cc4c5ccccc5oc4c4ccccc34)c2)cc1. The molecule has 0 bridgehead atoms. The molecule has 0 saturated heterocycles. The van der Waals surface area contributed by atoms with Gasteiger partial charge in [-0.15, -0.1) is 0 Å². The van der Waals surface area contributed by atoms with Crippen molar-refractivity contribution in [3.63, 3.8) is 0 Å². The molecule has 0 fully saturated rings. The second kappa shape index (κ2) is 9.14. The van der Waals surface area contributed by atoms with E-state index in [-0.39, 0.29) is 0 Å². The van der Waals surface area contributed by atoms with Crippen molar-refractivity contribution >= 4 is 60.5 Å². The first kappa shape index (κ1) is 22.6. The van der Waals surface area contributed by atoms with Gasteiger partial charge in [0, 0.05) is 32.9 Å². The fourth-order valence-corrected chi connectivity index (χ4v) is 5.91. The highest BCUT2D eigenvalue weighted by molar-refractivity contribution is 6.19. The zero-order valence-electron chi connectivity index (χ0n) is 21.8. The molecule has 0 aliphatic heterocycles. The van der Waals surface area contributed by atoms with Crippen LogP contribution < -0.4 is 4.90 Å². The van der Waals surface area contributed by atoms with Crippen LogP contribution in [-0.4, -0.2) is 0 Å². The fourth-order valence-electron chi connectivity index (χ4n) is 5.91. The molecular formula is C38H25NO. The van der Waals surface area contributed by atoms with E-state index in [1.54, 1.807) is 0 Å². The molecule has 0 saturated carbocycles. The first-order valence-corrected chi connectivity index (χ1v) is 13.6. The zero-order chi connectivity index (χ0) is 26.5. The lowest BCUT2D eigenvalue weighted by Crippen LogP contribution is -2.10. The summed E-state index contributed by atoms with van der Waals surface area (Å²) in [6, 6.07) is 53.9. The molecule has 0 atom stereocenters. The second-order valence-corrected chi connectivity index (χ2v) is 10.2. The van der Waals surface area contributed by atoms with Gasteiger partial charge in [0.15, 0.2) is 0 Å². The highest BCUT2D eigenvalue weighted by Gasteiger charge is 2.20. The molecule has 0 unspecified atom stereocenters. The normalized spacial score (nSPS) is 11.5. The van der Waals surface area contributed by atoms with Gasteiger partial charge >= 0.3 is 0 Å². The molecule has 8 aromatic rings. The van der Waals surface area contributed by atoms with Crippen LogP contribution in [0.25, 0.3) is 54.6 Å². The largest absolute Gasteiger partial charge is 0.455 e. The summed E-state index contributed by atoms with van der Waals surface area (Å²) in [5.74, 6) is 0. The maximum Gasteiger partial charge on any atom is 0.143 e. The lowest BCUT2D eigenvalue weighted by atomic mass is 10.0. The second-order valence-electron chi connectivity index (χ2n) is 10.2. The molecular weight excluding hydrogens is 486 g/mol. The number of furan rings is 1. The number of fused-ring (bicyclic) bond motifs is 6. The number of anilines is 3. The van der Waals surface area contributed by atoms with Crippen LogP contribution in [-0.2, 0) is 0 Å². The van der Waals surface area contributed by atoms with Crippen molar-refractivity contribution in [3.05, 3.63) is 152 Å². The number of benzene rings is 7. The smallest absolute Gasteiger partial charge is 0.143 e. The molecule has 0 aliphatic carbocycles.